The molecule has 0 fully saturated rings. The molecule has 196 valence electrons. The van der Waals surface area contributed by atoms with Crippen LogP contribution in [0.5, 0.6) is 11.5 Å². The highest BCUT2D eigenvalue weighted by molar-refractivity contribution is 6.74. The number of nitro groups is 4. The maximum absolute atomic E-state index is 11.1. The van der Waals surface area contributed by atoms with E-state index in [-0.39, 0.29) is 24.0 Å². The number of hydrogen-bond acceptors (Lipinski definition) is 11. The number of rotatable bonds is 9. The molecule has 2 aromatic rings. The average Bonchev–Trinajstić information content (AvgIpc) is 2.75. The van der Waals surface area contributed by atoms with Crippen LogP contribution < -0.4 is 4.74 Å². The summed E-state index contributed by atoms with van der Waals surface area (Å²) in [5, 5.41) is 51.5. The molecule has 0 spiro atoms. The number of benzene rings is 2. The Balaban J connectivity index is 0.000000420. The molecular formula is C20H26N4O11Si. The van der Waals surface area contributed by atoms with E-state index in [1.54, 1.807) is 0 Å². The summed E-state index contributed by atoms with van der Waals surface area (Å²) in [5.41, 5.74) is -2.82. The van der Waals surface area contributed by atoms with Crippen molar-refractivity contribution in [2.45, 2.75) is 38.9 Å². The third-order valence-corrected chi connectivity index (χ3v) is 9.88. The molecule has 0 radical (unpaired) electrons. The molecule has 36 heavy (non-hydrogen) atoms. The molecule has 16 heteroatoms. The third-order valence-electron chi connectivity index (χ3n) is 5.34. The summed E-state index contributed by atoms with van der Waals surface area (Å²) in [6, 6.07) is 6.92. The summed E-state index contributed by atoms with van der Waals surface area (Å²) in [7, 11) is -1.93. The molecule has 2 aromatic carbocycles. The number of phenolic OH excluding ortho intramolecular Hbond substituents is 1. The Morgan fingerprint density at radius 1 is 0.778 bits per heavy atom. The number of phenols is 1. The van der Waals surface area contributed by atoms with Gasteiger partial charge in [-0.3, -0.25) is 40.5 Å². The van der Waals surface area contributed by atoms with Gasteiger partial charge in [-0.2, -0.15) is 0 Å². The summed E-state index contributed by atoms with van der Waals surface area (Å²) in [5.74, 6) is -0.831. The minimum absolute atomic E-state index is 0.0462. The van der Waals surface area contributed by atoms with Crippen molar-refractivity contribution in [3.05, 3.63) is 76.9 Å². The van der Waals surface area contributed by atoms with Crippen LogP contribution in [-0.4, -0.2) is 46.3 Å². The van der Waals surface area contributed by atoms with Crippen molar-refractivity contribution in [3.63, 3.8) is 0 Å². The number of para-hydroxylation sites is 2. The largest absolute Gasteiger partial charge is 0.502 e. The van der Waals surface area contributed by atoms with Crippen molar-refractivity contribution in [2.75, 3.05) is 13.2 Å². The van der Waals surface area contributed by atoms with Crippen LogP contribution in [0.15, 0.2) is 36.4 Å². The molecule has 0 saturated carbocycles. The van der Waals surface area contributed by atoms with E-state index in [0.29, 0.717) is 0 Å². The van der Waals surface area contributed by atoms with Crippen molar-refractivity contribution >= 4 is 31.1 Å². The Bertz CT molecular complexity index is 1150. The van der Waals surface area contributed by atoms with Crippen LogP contribution in [0.1, 0.15) is 20.8 Å². The zero-order chi connectivity index (χ0) is 27.8. The fourth-order valence-electron chi connectivity index (χ4n) is 2.48. The molecule has 15 nitrogen and oxygen atoms in total. The fourth-order valence-corrected chi connectivity index (χ4v) is 3.50. The zero-order valence-corrected chi connectivity index (χ0v) is 21.2. The van der Waals surface area contributed by atoms with Crippen LogP contribution >= 0.6 is 0 Å². The van der Waals surface area contributed by atoms with E-state index in [9.17, 15) is 40.5 Å². The molecule has 0 heterocycles. The van der Waals surface area contributed by atoms with Gasteiger partial charge in [-0.15, -0.1) is 0 Å². The number of nitrogens with zero attached hydrogens (tertiary/aromatic N) is 4. The molecule has 1 N–H and O–H groups in total. The summed E-state index contributed by atoms with van der Waals surface area (Å²) in [6.45, 7) is 10.8. The van der Waals surface area contributed by atoms with Crippen LogP contribution in [0.2, 0.25) is 18.1 Å². The van der Waals surface area contributed by atoms with Crippen molar-refractivity contribution in [3.8, 4) is 11.5 Å². The van der Waals surface area contributed by atoms with Crippen LogP contribution in [0.3, 0.4) is 0 Å². The van der Waals surface area contributed by atoms with Gasteiger partial charge in [-0.25, -0.2) is 0 Å². The van der Waals surface area contributed by atoms with Gasteiger partial charge in [-0.05, 0) is 30.3 Å². The predicted octanol–water partition coefficient (Wildman–Crippen LogP) is 5.11. The van der Waals surface area contributed by atoms with Gasteiger partial charge in [0.2, 0.25) is 11.5 Å². The fraction of sp³-hybridized carbons (Fsp3) is 0.400. The van der Waals surface area contributed by atoms with Gasteiger partial charge in [-0.1, -0.05) is 32.9 Å². The first kappa shape index (κ1) is 29.8. The van der Waals surface area contributed by atoms with Gasteiger partial charge < -0.3 is 14.3 Å². The lowest BCUT2D eigenvalue weighted by Gasteiger charge is -2.36. The molecule has 0 bridgehead atoms. The topological polar surface area (TPSA) is 211 Å². The van der Waals surface area contributed by atoms with Gasteiger partial charge in [0.15, 0.2) is 8.32 Å². The Hall–Kier alpha value is -4.18. The van der Waals surface area contributed by atoms with E-state index in [4.69, 9.17) is 14.3 Å². The number of nitro benzene ring substituents is 4. The highest BCUT2D eigenvalue weighted by Gasteiger charge is 2.37. The van der Waals surface area contributed by atoms with Crippen LogP contribution in [0.4, 0.5) is 22.7 Å². The minimum atomic E-state index is -1.93. The normalized spacial score (nSPS) is 11.1. The van der Waals surface area contributed by atoms with E-state index in [2.05, 4.69) is 33.9 Å². The molecule has 2 rings (SSSR count). The maximum Gasteiger partial charge on any atom is 0.387 e. The number of hydrogen-bond donors (Lipinski definition) is 1. The summed E-state index contributed by atoms with van der Waals surface area (Å²) in [4.78, 5) is 39.0. The van der Waals surface area contributed by atoms with Crippen LogP contribution in [0.25, 0.3) is 0 Å². The van der Waals surface area contributed by atoms with E-state index in [1.165, 1.54) is 18.2 Å². The first-order valence-electron chi connectivity index (χ1n) is 10.3. The SMILES string of the molecule is CC(C)(C)[Si](C)(C)OCCOc1cccc([N+](=O)[O-])c1[N+](=O)[O-].O=[N+]([O-])c1cccc(O)c1[N+](=O)[O-]. The highest BCUT2D eigenvalue weighted by atomic mass is 28.4. The summed E-state index contributed by atoms with van der Waals surface area (Å²) < 4.78 is 11.3. The first-order chi connectivity index (χ1) is 16.5. The monoisotopic (exact) mass is 526 g/mol. The third kappa shape index (κ3) is 7.67. The maximum atomic E-state index is 11.1. The van der Waals surface area contributed by atoms with E-state index < -0.39 is 56.5 Å². The smallest absolute Gasteiger partial charge is 0.387 e. The van der Waals surface area contributed by atoms with Crippen LogP contribution in [0, 0.1) is 40.5 Å². The van der Waals surface area contributed by atoms with E-state index in [0.717, 1.165) is 18.2 Å². The second kappa shape index (κ2) is 12.0. The van der Waals surface area contributed by atoms with Gasteiger partial charge >= 0.3 is 22.7 Å². The average molecular weight is 527 g/mol. The zero-order valence-electron chi connectivity index (χ0n) is 20.2. The molecule has 0 aliphatic rings. The Morgan fingerprint density at radius 3 is 1.67 bits per heavy atom. The standard InChI is InChI=1S/C14H22N2O6Si.C6H4N2O5/c1-14(2,3)23(4,5)22-10-9-21-12-8-6-7-11(15(17)18)13(12)16(19)20;9-5-3-1-2-4(7(10)11)6(5)8(12)13/h6-8H,9-10H2,1-5H3;1-3,9H. The molecule has 0 atom stereocenters. The van der Waals surface area contributed by atoms with Gasteiger partial charge in [0.05, 0.1) is 26.3 Å². The highest BCUT2D eigenvalue weighted by Crippen LogP contribution is 2.38. The first-order valence-corrected chi connectivity index (χ1v) is 13.2. The van der Waals surface area contributed by atoms with E-state index >= 15 is 0 Å². The molecular weight excluding hydrogens is 500 g/mol. The van der Waals surface area contributed by atoms with Gasteiger partial charge in [0.25, 0.3) is 0 Å². The molecule has 0 aromatic heterocycles. The van der Waals surface area contributed by atoms with Crippen molar-refractivity contribution in [1.29, 1.82) is 0 Å². The van der Waals surface area contributed by atoms with Crippen LogP contribution in [-0.2, 0) is 4.43 Å². The summed E-state index contributed by atoms with van der Waals surface area (Å²) >= 11 is 0. The van der Waals surface area contributed by atoms with E-state index in [1.807, 2.05) is 0 Å². The Kier molecular flexibility index (Phi) is 9.94. The number of aromatic hydroxyl groups is 1. The van der Waals surface area contributed by atoms with Crippen molar-refractivity contribution in [1.82, 2.24) is 0 Å². The lowest BCUT2D eigenvalue weighted by atomic mass is 10.2. The predicted molar refractivity (Wildman–Crippen MR) is 130 cm³/mol. The Labute approximate surface area is 206 Å². The van der Waals surface area contributed by atoms with Gasteiger partial charge in [0, 0.05) is 12.1 Å². The Morgan fingerprint density at radius 2 is 1.25 bits per heavy atom. The molecule has 0 aliphatic carbocycles. The lowest BCUT2D eigenvalue weighted by molar-refractivity contribution is -0.423. The molecule has 0 aliphatic heterocycles. The molecule has 0 saturated heterocycles. The quantitative estimate of drug-likeness (QED) is 0.196. The van der Waals surface area contributed by atoms with Crippen molar-refractivity contribution < 1.29 is 34.0 Å². The summed E-state index contributed by atoms with van der Waals surface area (Å²) in [6.07, 6.45) is 0. The second-order valence-corrected chi connectivity index (χ2v) is 13.6. The second-order valence-electron chi connectivity index (χ2n) is 8.75. The van der Waals surface area contributed by atoms with Crippen molar-refractivity contribution in [2.24, 2.45) is 0 Å². The van der Waals surface area contributed by atoms with Gasteiger partial charge in [0.1, 0.15) is 6.61 Å². The molecule has 0 amide bonds. The minimum Gasteiger partial charge on any atom is -0.502 e. The lowest BCUT2D eigenvalue weighted by Crippen LogP contribution is -2.41. The number of ether oxygens (including phenoxy) is 1. The molecule has 0 unspecified atom stereocenters.